The van der Waals surface area contributed by atoms with Gasteiger partial charge in [0.25, 0.3) is 0 Å². The fourth-order valence-corrected chi connectivity index (χ4v) is 3.83. The molecule has 1 aromatic heterocycles. The van der Waals surface area contributed by atoms with Gasteiger partial charge in [-0.1, -0.05) is 24.4 Å². The number of ether oxygens (including phenoxy) is 1. The van der Waals surface area contributed by atoms with Crippen LogP contribution in [0.3, 0.4) is 0 Å². The minimum Gasteiger partial charge on any atom is -0.495 e. The predicted octanol–water partition coefficient (Wildman–Crippen LogP) is 4.50. The van der Waals surface area contributed by atoms with Crippen molar-refractivity contribution in [1.82, 2.24) is 10.3 Å². The lowest BCUT2D eigenvalue weighted by Gasteiger charge is -2.32. The number of anilines is 1. The molecule has 0 aliphatic heterocycles. The average molecular weight is 362 g/mol. The Labute approximate surface area is 152 Å². The zero-order chi connectivity index (χ0) is 17.0. The van der Waals surface area contributed by atoms with Crippen LogP contribution >= 0.6 is 23.8 Å². The second-order valence-electron chi connectivity index (χ2n) is 5.95. The lowest BCUT2D eigenvalue weighted by atomic mass is 9.89. The molecule has 0 bridgehead atoms. The van der Waals surface area contributed by atoms with Gasteiger partial charge in [-0.2, -0.15) is 0 Å². The van der Waals surface area contributed by atoms with Crippen LogP contribution in [0.2, 0.25) is 5.02 Å². The fourth-order valence-electron chi connectivity index (χ4n) is 3.26. The first-order chi connectivity index (χ1) is 11.6. The number of rotatable bonds is 4. The predicted molar refractivity (Wildman–Crippen MR) is 102 cm³/mol. The van der Waals surface area contributed by atoms with E-state index in [9.17, 15) is 0 Å². The lowest BCUT2D eigenvalue weighted by molar-refractivity contribution is 0.408. The summed E-state index contributed by atoms with van der Waals surface area (Å²) in [5.41, 5.74) is 1.94. The van der Waals surface area contributed by atoms with Crippen molar-refractivity contribution in [3.8, 4) is 5.75 Å². The van der Waals surface area contributed by atoms with Gasteiger partial charge in [-0.15, -0.1) is 0 Å². The highest BCUT2D eigenvalue weighted by Gasteiger charge is 2.36. The molecule has 1 saturated carbocycles. The van der Waals surface area contributed by atoms with E-state index in [1.807, 2.05) is 30.6 Å². The van der Waals surface area contributed by atoms with E-state index in [0.29, 0.717) is 15.9 Å². The van der Waals surface area contributed by atoms with Gasteiger partial charge in [-0.05, 0) is 61.0 Å². The molecule has 0 spiro atoms. The minimum absolute atomic E-state index is 0.122. The Morgan fingerprint density at radius 3 is 2.54 bits per heavy atom. The maximum Gasteiger partial charge on any atom is 0.171 e. The molecule has 0 radical (unpaired) electrons. The van der Waals surface area contributed by atoms with Crippen LogP contribution in [0.15, 0.2) is 42.7 Å². The first kappa shape index (κ1) is 17.0. The molecule has 1 aliphatic carbocycles. The standard InChI is InChI=1S/C18H20ClN3OS/c1-23-16-5-4-14(12-15(16)19)21-17(24)22-18(8-2-3-9-18)13-6-10-20-11-7-13/h4-7,10-12H,2-3,8-9H2,1H3,(H2,21,22,24). The van der Waals surface area contributed by atoms with Crippen molar-refractivity contribution in [3.05, 3.63) is 53.3 Å². The third-order valence-corrected chi connectivity index (χ3v) is 4.95. The van der Waals surface area contributed by atoms with Crippen molar-refractivity contribution in [3.63, 3.8) is 0 Å². The summed E-state index contributed by atoms with van der Waals surface area (Å²) in [7, 11) is 1.60. The van der Waals surface area contributed by atoms with Crippen molar-refractivity contribution in [2.45, 2.75) is 31.2 Å². The first-order valence-electron chi connectivity index (χ1n) is 7.96. The smallest absolute Gasteiger partial charge is 0.171 e. The van der Waals surface area contributed by atoms with Crippen molar-refractivity contribution >= 4 is 34.6 Å². The third kappa shape index (κ3) is 3.62. The molecule has 2 N–H and O–H groups in total. The second-order valence-corrected chi connectivity index (χ2v) is 6.77. The number of hydrogen-bond donors (Lipinski definition) is 2. The molecule has 24 heavy (non-hydrogen) atoms. The Kier molecular flexibility index (Phi) is 5.21. The van der Waals surface area contributed by atoms with Gasteiger partial charge in [-0.3, -0.25) is 4.98 Å². The molecule has 0 saturated heterocycles. The quantitative estimate of drug-likeness (QED) is 0.785. The summed E-state index contributed by atoms with van der Waals surface area (Å²) in [6, 6.07) is 9.65. The number of aromatic nitrogens is 1. The highest BCUT2D eigenvalue weighted by atomic mass is 35.5. The molecule has 2 aromatic rings. The summed E-state index contributed by atoms with van der Waals surface area (Å²) in [6.07, 6.45) is 8.15. The van der Waals surface area contributed by atoms with E-state index < -0.39 is 0 Å². The van der Waals surface area contributed by atoms with Crippen molar-refractivity contribution in [2.75, 3.05) is 12.4 Å². The number of nitrogens with zero attached hydrogens (tertiary/aromatic N) is 1. The van der Waals surface area contributed by atoms with Gasteiger partial charge < -0.3 is 15.4 Å². The summed E-state index contributed by atoms with van der Waals surface area (Å²) < 4.78 is 5.17. The normalized spacial score (nSPS) is 15.8. The van der Waals surface area contributed by atoms with E-state index in [-0.39, 0.29) is 5.54 Å². The van der Waals surface area contributed by atoms with E-state index in [4.69, 9.17) is 28.6 Å². The van der Waals surface area contributed by atoms with Gasteiger partial charge in [0.05, 0.1) is 17.7 Å². The van der Waals surface area contributed by atoms with Crippen LogP contribution < -0.4 is 15.4 Å². The Balaban J connectivity index is 1.74. The van der Waals surface area contributed by atoms with Crippen LogP contribution in [-0.4, -0.2) is 17.2 Å². The molecular weight excluding hydrogens is 342 g/mol. The highest BCUT2D eigenvalue weighted by molar-refractivity contribution is 7.80. The highest BCUT2D eigenvalue weighted by Crippen LogP contribution is 2.38. The summed E-state index contributed by atoms with van der Waals surface area (Å²) in [5.74, 6) is 0.644. The average Bonchev–Trinajstić information content (AvgIpc) is 3.05. The topological polar surface area (TPSA) is 46.2 Å². The summed E-state index contributed by atoms with van der Waals surface area (Å²) in [5, 5.41) is 7.89. The molecule has 6 heteroatoms. The molecule has 1 fully saturated rings. The number of hydrogen-bond acceptors (Lipinski definition) is 3. The number of pyridine rings is 1. The Morgan fingerprint density at radius 2 is 1.92 bits per heavy atom. The SMILES string of the molecule is COc1ccc(NC(=S)NC2(c3ccncc3)CCCC2)cc1Cl. The number of benzene rings is 1. The Morgan fingerprint density at radius 1 is 1.21 bits per heavy atom. The van der Waals surface area contributed by atoms with Gasteiger partial charge in [0.15, 0.2) is 5.11 Å². The molecule has 4 nitrogen and oxygen atoms in total. The molecule has 0 atom stereocenters. The number of nitrogens with one attached hydrogen (secondary N) is 2. The molecule has 1 heterocycles. The molecular formula is C18H20ClN3OS. The Bertz CT molecular complexity index is 717. The van der Waals surface area contributed by atoms with Crippen LogP contribution in [0.25, 0.3) is 0 Å². The number of thiocarbonyl (C=S) groups is 1. The molecule has 3 rings (SSSR count). The zero-order valence-electron chi connectivity index (χ0n) is 13.5. The van der Waals surface area contributed by atoms with E-state index in [2.05, 4.69) is 27.8 Å². The number of methoxy groups -OCH3 is 1. The van der Waals surface area contributed by atoms with Gasteiger partial charge in [0.2, 0.25) is 0 Å². The Hall–Kier alpha value is -1.85. The fraction of sp³-hybridized carbons (Fsp3) is 0.333. The van der Waals surface area contributed by atoms with Crippen molar-refractivity contribution in [2.24, 2.45) is 0 Å². The van der Waals surface area contributed by atoms with Gasteiger partial charge in [0, 0.05) is 18.1 Å². The molecule has 126 valence electrons. The first-order valence-corrected chi connectivity index (χ1v) is 8.75. The van der Waals surface area contributed by atoms with E-state index >= 15 is 0 Å². The lowest BCUT2D eigenvalue weighted by Crippen LogP contribution is -2.45. The van der Waals surface area contributed by atoms with Gasteiger partial charge in [0.1, 0.15) is 5.75 Å². The van der Waals surface area contributed by atoms with Crippen LogP contribution in [0.5, 0.6) is 5.75 Å². The third-order valence-electron chi connectivity index (χ3n) is 4.45. The van der Waals surface area contributed by atoms with E-state index in [0.717, 1.165) is 18.5 Å². The zero-order valence-corrected chi connectivity index (χ0v) is 15.1. The van der Waals surface area contributed by atoms with Crippen LogP contribution in [0, 0.1) is 0 Å². The monoisotopic (exact) mass is 361 g/mol. The van der Waals surface area contributed by atoms with Crippen LogP contribution in [0.1, 0.15) is 31.2 Å². The summed E-state index contributed by atoms with van der Waals surface area (Å²) in [4.78, 5) is 4.12. The van der Waals surface area contributed by atoms with Crippen LogP contribution in [0.4, 0.5) is 5.69 Å². The maximum absolute atomic E-state index is 6.17. The maximum atomic E-state index is 6.17. The van der Waals surface area contributed by atoms with E-state index in [1.54, 1.807) is 7.11 Å². The van der Waals surface area contributed by atoms with Gasteiger partial charge >= 0.3 is 0 Å². The van der Waals surface area contributed by atoms with Gasteiger partial charge in [-0.25, -0.2) is 0 Å². The summed E-state index contributed by atoms with van der Waals surface area (Å²) >= 11 is 11.7. The molecule has 1 aliphatic rings. The summed E-state index contributed by atoms with van der Waals surface area (Å²) in [6.45, 7) is 0. The van der Waals surface area contributed by atoms with Crippen molar-refractivity contribution < 1.29 is 4.74 Å². The number of halogens is 1. The molecule has 0 amide bonds. The van der Waals surface area contributed by atoms with E-state index in [1.165, 1.54) is 18.4 Å². The second kappa shape index (κ2) is 7.36. The molecule has 0 unspecified atom stereocenters. The largest absolute Gasteiger partial charge is 0.495 e. The van der Waals surface area contributed by atoms with Crippen LogP contribution in [-0.2, 0) is 5.54 Å². The van der Waals surface area contributed by atoms with Crippen molar-refractivity contribution in [1.29, 1.82) is 0 Å². The molecule has 1 aromatic carbocycles. The minimum atomic E-state index is -0.122.